The maximum absolute atomic E-state index is 12.7. The van der Waals surface area contributed by atoms with E-state index in [0.717, 1.165) is 50.6 Å². The third-order valence-corrected chi connectivity index (χ3v) is 6.17. The fraction of sp³-hybridized carbons (Fsp3) is 0.529. The molecule has 25 heavy (non-hydrogen) atoms. The quantitative estimate of drug-likeness (QED) is 0.829. The minimum Gasteiger partial charge on any atom is -0.355 e. The van der Waals surface area contributed by atoms with Crippen LogP contribution in [0, 0.1) is 12.8 Å². The Morgan fingerprint density at radius 2 is 2.08 bits per heavy atom. The summed E-state index contributed by atoms with van der Waals surface area (Å²) >= 11 is 1.69. The highest BCUT2D eigenvalue weighted by Crippen LogP contribution is 2.36. The SMILES string of the molecule is Cc1ncsc1CN1CCC2CN(c3ccc(C(F)(F)F)cn3)CC21. The summed E-state index contributed by atoms with van der Waals surface area (Å²) in [5, 5.41) is 0. The summed E-state index contributed by atoms with van der Waals surface area (Å²) in [6.45, 7) is 5.70. The first-order chi connectivity index (χ1) is 11.9. The Balaban J connectivity index is 1.45. The van der Waals surface area contributed by atoms with Crippen molar-refractivity contribution in [1.29, 1.82) is 0 Å². The number of pyridine rings is 1. The van der Waals surface area contributed by atoms with Gasteiger partial charge in [-0.1, -0.05) is 0 Å². The molecule has 4 rings (SSSR count). The molecule has 2 aromatic rings. The number of thiazole rings is 1. The van der Waals surface area contributed by atoms with Crippen molar-refractivity contribution in [3.8, 4) is 0 Å². The van der Waals surface area contributed by atoms with E-state index in [-0.39, 0.29) is 0 Å². The van der Waals surface area contributed by atoms with E-state index in [1.165, 1.54) is 10.9 Å². The van der Waals surface area contributed by atoms with Crippen molar-refractivity contribution in [2.75, 3.05) is 24.5 Å². The Bertz CT molecular complexity index is 743. The number of rotatable bonds is 3. The Labute approximate surface area is 148 Å². The zero-order valence-electron chi connectivity index (χ0n) is 13.8. The fourth-order valence-electron chi connectivity index (χ4n) is 3.84. The number of alkyl halides is 3. The van der Waals surface area contributed by atoms with Gasteiger partial charge in [0.05, 0.1) is 16.8 Å². The van der Waals surface area contributed by atoms with Crippen LogP contribution in [0.4, 0.5) is 19.0 Å². The van der Waals surface area contributed by atoms with Crippen molar-refractivity contribution in [1.82, 2.24) is 14.9 Å². The van der Waals surface area contributed by atoms with Crippen LogP contribution in [0.15, 0.2) is 23.8 Å². The Kier molecular flexibility index (Phi) is 4.19. The minimum absolute atomic E-state index is 0.436. The predicted molar refractivity (Wildman–Crippen MR) is 90.6 cm³/mol. The van der Waals surface area contributed by atoms with Gasteiger partial charge in [-0.25, -0.2) is 9.97 Å². The Morgan fingerprint density at radius 1 is 1.24 bits per heavy atom. The average Bonchev–Trinajstić information content (AvgIpc) is 3.25. The van der Waals surface area contributed by atoms with Crippen LogP contribution in [0.2, 0.25) is 0 Å². The fourth-order valence-corrected chi connectivity index (χ4v) is 4.64. The van der Waals surface area contributed by atoms with Gasteiger partial charge in [-0.05, 0) is 37.9 Å². The highest BCUT2D eigenvalue weighted by atomic mass is 32.1. The third kappa shape index (κ3) is 3.25. The van der Waals surface area contributed by atoms with E-state index in [2.05, 4.69) is 19.8 Å². The van der Waals surface area contributed by atoms with Gasteiger partial charge < -0.3 is 4.90 Å². The van der Waals surface area contributed by atoms with Crippen LogP contribution >= 0.6 is 11.3 Å². The van der Waals surface area contributed by atoms with Gasteiger partial charge in [-0.15, -0.1) is 11.3 Å². The molecular weight excluding hydrogens is 349 g/mol. The van der Waals surface area contributed by atoms with Crippen molar-refractivity contribution < 1.29 is 13.2 Å². The molecular formula is C17H19F3N4S. The molecule has 0 spiro atoms. The minimum atomic E-state index is -4.34. The van der Waals surface area contributed by atoms with Crippen LogP contribution < -0.4 is 4.90 Å². The van der Waals surface area contributed by atoms with E-state index in [9.17, 15) is 13.2 Å². The molecule has 4 heterocycles. The molecule has 0 aromatic carbocycles. The number of fused-ring (bicyclic) bond motifs is 1. The summed E-state index contributed by atoms with van der Waals surface area (Å²) in [4.78, 5) is 14.3. The molecule has 2 aliphatic heterocycles. The maximum Gasteiger partial charge on any atom is 0.417 e. The summed E-state index contributed by atoms with van der Waals surface area (Å²) in [5.74, 6) is 1.19. The monoisotopic (exact) mass is 368 g/mol. The molecule has 0 saturated carbocycles. The smallest absolute Gasteiger partial charge is 0.355 e. The number of aryl methyl sites for hydroxylation is 1. The van der Waals surface area contributed by atoms with Crippen molar-refractivity contribution >= 4 is 17.2 Å². The van der Waals surface area contributed by atoms with Crippen LogP contribution in [0.3, 0.4) is 0 Å². The molecule has 0 bridgehead atoms. The number of likely N-dealkylation sites (tertiary alicyclic amines) is 1. The van der Waals surface area contributed by atoms with E-state index in [0.29, 0.717) is 17.8 Å². The van der Waals surface area contributed by atoms with Gasteiger partial charge in [-0.3, -0.25) is 4.90 Å². The summed E-state index contributed by atoms with van der Waals surface area (Å²) in [7, 11) is 0. The van der Waals surface area contributed by atoms with E-state index < -0.39 is 11.7 Å². The second kappa shape index (κ2) is 6.25. The normalized spacial score (nSPS) is 24.1. The maximum atomic E-state index is 12.7. The van der Waals surface area contributed by atoms with Gasteiger partial charge in [0, 0.05) is 36.8 Å². The summed E-state index contributed by atoms with van der Waals surface area (Å²) in [6.07, 6.45) is -2.28. The van der Waals surface area contributed by atoms with Gasteiger partial charge in [0.1, 0.15) is 5.82 Å². The summed E-state index contributed by atoms with van der Waals surface area (Å²) in [6, 6.07) is 3.04. The molecule has 2 atom stereocenters. The van der Waals surface area contributed by atoms with Crippen LogP contribution in [-0.2, 0) is 12.7 Å². The first kappa shape index (κ1) is 16.8. The van der Waals surface area contributed by atoms with Crippen molar-refractivity contribution in [3.05, 3.63) is 40.0 Å². The second-order valence-electron chi connectivity index (χ2n) is 6.76. The van der Waals surface area contributed by atoms with Crippen molar-refractivity contribution in [2.45, 2.75) is 32.1 Å². The lowest BCUT2D eigenvalue weighted by Crippen LogP contribution is -2.35. The lowest BCUT2D eigenvalue weighted by molar-refractivity contribution is -0.137. The van der Waals surface area contributed by atoms with Crippen molar-refractivity contribution in [2.24, 2.45) is 5.92 Å². The molecule has 0 N–H and O–H groups in total. The third-order valence-electron chi connectivity index (χ3n) is 5.25. The number of anilines is 1. The van der Waals surface area contributed by atoms with Gasteiger partial charge in [0.25, 0.3) is 0 Å². The zero-order chi connectivity index (χ0) is 17.6. The summed E-state index contributed by atoms with van der Waals surface area (Å²) in [5.41, 5.74) is 2.27. The van der Waals surface area contributed by atoms with Gasteiger partial charge in [-0.2, -0.15) is 13.2 Å². The molecule has 0 radical (unpaired) electrons. The number of halogens is 3. The highest BCUT2D eigenvalue weighted by Gasteiger charge is 2.42. The predicted octanol–water partition coefficient (Wildman–Crippen LogP) is 3.58. The topological polar surface area (TPSA) is 32.3 Å². The van der Waals surface area contributed by atoms with Gasteiger partial charge >= 0.3 is 6.18 Å². The molecule has 2 unspecified atom stereocenters. The zero-order valence-corrected chi connectivity index (χ0v) is 14.6. The van der Waals surface area contributed by atoms with Crippen molar-refractivity contribution in [3.63, 3.8) is 0 Å². The number of hydrogen-bond donors (Lipinski definition) is 0. The largest absolute Gasteiger partial charge is 0.417 e. The Hall–Kier alpha value is -1.67. The van der Waals surface area contributed by atoms with E-state index in [1.54, 1.807) is 11.3 Å². The van der Waals surface area contributed by atoms with E-state index >= 15 is 0 Å². The Morgan fingerprint density at radius 3 is 2.72 bits per heavy atom. The number of hydrogen-bond acceptors (Lipinski definition) is 5. The van der Waals surface area contributed by atoms with Crippen LogP contribution in [-0.4, -0.2) is 40.5 Å². The number of nitrogens with zero attached hydrogens (tertiary/aromatic N) is 4. The average molecular weight is 368 g/mol. The standard InChI is InChI=1S/C17H19F3N4S/c1-11-15(25-10-22-11)9-23-5-4-12-7-24(8-14(12)23)16-3-2-13(6-21-16)17(18,19)20/h2-3,6,10,12,14H,4-5,7-9H2,1H3. The molecule has 2 aliphatic rings. The molecule has 134 valence electrons. The van der Waals surface area contributed by atoms with Gasteiger partial charge in [0.2, 0.25) is 0 Å². The van der Waals surface area contributed by atoms with Crippen LogP contribution in [0.1, 0.15) is 22.6 Å². The molecule has 2 saturated heterocycles. The number of aromatic nitrogens is 2. The molecule has 4 nitrogen and oxygen atoms in total. The van der Waals surface area contributed by atoms with E-state index in [4.69, 9.17) is 0 Å². The molecule has 0 aliphatic carbocycles. The van der Waals surface area contributed by atoms with E-state index in [1.807, 2.05) is 12.4 Å². The lowest BCUT2D eigenvalue weighted by atomic mass is 10.1. The second-order valence-corrected chi connectivity index (χ2v) is 7.69. The highest BCUT2D eigenvalue weighted by molar-refractivity contribution is 7.09. The summed E-state index contributed by atoms with van der Waals surface area (Å²) < 4.78 is 38.1. The first-order valence-electron chi connectivity index (χ1n) is 8.33. The molecule has 2 aromatic heterocycles. The van der Waals surface area contributed by atoms with Crippen LogP contribution in [0.5, 0.6) is 0 Å². The molecule has 0 amide bonds. The molecule has 2 fully saturated rings. The molecule has 8 heteroatoms. The van der Waals surface area contributed by atoms with Crippen LogP contribution in [0.25, 0.3) is 0 Å². The lowest BCUT2D eigenvalue weighted by Gasteiger charge is -2.25. The first-order valence-corrected chi connectivity index (χ1v) is 9.21. The van der Waals surface area contributed by atoms with Gasteiger partial charge in [0.15, 0.2) is 0 Å².